The fourth-order valence-corrected chi connectivity index (χ4v) is 2.99. The molecule has 0 radical (unpaired) electrons. The van der Waals surface area contributed by atoms with Crippen molar-refractivity contribution in [2.75, 3.05) is 24.7 Å². The zero-order chi connectivity index (χ0) is 22.9. The zero-order valence-corrected chi connectivity index (χ0v) is 18.1. The number of nitrogen functional groups attached to an aromatic ring is 2. The molecule has 4 aromatic rings. The van der Waals surface area contributed by atoms with Crippen molar-refractivity contribution >= 4 is 11.4 Å². The first kappa shape index (κ1) is 21.9. The lowest BCUT2D eigenvalue weighted by atomic mass is 10.3. The van der Waals surface area contributed by atoms with Gasteiger partial charge < -0.3 is 30.4 Å². The van der Waals surface area contributed by atoms with Gasteiger partial charge in [-0.3, -0.25) is 0 Å². The maximum atomic E-state index is 5.78. The summed E-state index contributed by atoms with van der Waals surface area (Å²) < 4.78 is 23.1. The highest BCUT2D eigenvalue weighted by Crippen LogP contribution is 2.26. The second-order valence-corrected chi connectivity index (χ2v) is 7.34. The van der Waals surface area contributed by atoms with Gasteiger partial charge in [-0.2, -0.15) is 0 Å². The van der Waals surface area contributed by atoms with E-state index in [4.69, 9.17) is 30.4 Å². The van der Waals surface area contributed by atoms with Gasteiger partial charge in [-0.25, -0.2) is 0 Å². The molecule has 0 aliphatic heterocycles. The van der Waals surface area contributed by atoms with Crippen LogP contribution in [0.3, 0.4) is 0 Å². The third kappa shape index (κ3) is 6.83. The second kappa shape index (κ2) is 10.8. The SMILES string of the molecule is Nc1ccc(Oc2ccc(OCCCOc3ccc(Oc4ccc(N)cc4)cc3)cc2)cc1. The van der Waals surface area contributed by atoms with E-state index in [1.54, 1.807) is 24.3 Å². The van der Waals surface area contributed by atoms with Crippen LogP contribution in [-0.2, 0) is 0 Å². The Bertz CT molecular complexity index is 1030. The van der Waals surface area contributed by atoms with Gasteiger partial charge in [-0.15, -0.1) is 0 Å². The number of benzene rings is 4. The lowest BCUT2D eigenvalue weighted by Crippen LogP contribution is -2.04. The number of ether oxygens (including phenoxy) is 4. The Labute approximate surface area is 193 Å². The monoisotopic (exact) mass is 442 g/mol. The lowest BCUT2D eigenvalue weighted by Gasteiger charge is -2.10. The first-order chi connectivity index (χ1) is 16.1. The highest BCUT2D eigenvalue weighted by atomic mass is 16.5. The second-order valence-electron chi connectivity index (χ2n) is 7.34. The molecule has 0 aromatic heterocycles. The van der Waals surface area contributed by atoms with E-state index in [1.165, 1.54) is 0 Å². The maximum absolute atomic E-state index is 5.78. The standard InChI is InChI=1S/C27H26N2O4/c28-20-2-6-24(7-3-20)32-26-14-10-22(11-15-26)30-18-1-19-31-23-12-16-27(17-13-23)33-25-8-4-21(29)5-9-25/h2-17H,1,18-19,28-29H2. The van der Waals surface area contributed by atoms with Gasteiger partial charge in [0.25, 0.3) is 0 Å². The van der Waals surface area contributed by atoms with Gasteiger partial charge in [-0.05, 0) is 97.1 Å². The minimum atomic E-state index is 0.552. The van der Waals surface area contributed by atoms with Gasteiger partial charge in [0.1, 0.15) is 34.5 Å². The smallest absolute Gasteiger partial charge is 0.127 e. The van der Waals surface area contributed by atoms with Crippen LogP contribution in [0.1, 0.15) is 6.42 Å². The summed E-state index contributed by atoms with van der Waals surface area (Å²) in [5.41, 5.74) is 12.8. The molecule has 0 spiro atoms. The van der Waals surface area contributed by atoms with Crippen LogP contribution in [0.4, 0.5) is 11.4 Å². The molecule has 0 atom stereocenters. The number of rotatable bonds is 10. The number of anilines is 2. The summed E-state index contributed by atoms with van der Waals surface area (Å²) in [6.07, 6.45) is 0.757. The molecular weight excluding hydrogens is 416 g/mol. The Morgan fingerprint density at radius 2 is 0.667 bits per heavy atom. The van der Waals surface area contributed by atoms with Crippen LogP contribution in [0.15, 0.2) is 97.1 Å². The average Bonchev–Trinajstić information content (AvgIpc) is 2.84. The molecule has 4 aromatic carbocycles. The van der Waals surface area contributed by atoms with E-state index in [1.807, 2.05) is 72.8 Å². The van der Waals surface area contributed by atoms with Crippen LogP contribution < -0.4 is 30.4 Å². The maximum Gasteiger partial charge on any atom is 0.127 e. The van der Waals surface area contributed by atoms with Crippen LogP contribution in [0.2, 0.25) is 0 Å². The highest BCUT2D eigenvalue weighted by Gasteiger charge is 2.01. The van der Waals surface area contributed by atoms with Crippen molar-refractivity contribution in [2.24, 2.45) is 0 Å². The summed E-state index contributed by atoms with van der Waals surface area (Å²) in [6, 6.07) is 29.6. The zero-order valence-electron chi connectivity index (χ0n) is 18.1. The van der Waals surface area contributed by atoms with Crippen LogP contribution in [0.5, 0.6) is 34.5 Å². The lowest BCUT2D eigenvalue weighted by molar-refractivity contribution is 0.247. The molecule has 0 bridgehead atoms. The molecule has 6 nitrogen and oxygen atoms in total. The Hall–Kier alpha value is -4.32. The van der Waals surface area contributed by atoms with Gasteiger partial charge in [-0.1, -0.05) is 0 Å². The predicted octanol–water partition coefficient (Wildman–Crippen LogP) is 6.28. The molecule has 4 rings (SSSR count). The van der Waals surface area contributed by atoms with E-state index in [0.717, 1.165) is 40.9 Å². The van der Waals surface area contributed by atoms with Crippen LogP contribution in [0.25, 0.3) is 0 Å². The fraction of sp³-hybridized carbons (Fsp3) is 0.111. The van der Waals surface area contributed by atoms with E-state index in [2.05, 4.69) is 0 Å². The number of hydrogen-bond donors (Lipinski definition) is 2. The van der Waals surface area contributed by atoms with E-state index in [9.17, 15) is 0 Å². The van der Waals surface area contributed by atoms with Gasteiger partial charge in [0.15, 0.2) is 0 Å². The fourth-order valence-electron chi connectivity index (χ4n) is 2.99. The summed E-state index contributed by atoms with van der Waals surface area (Å²) in [4.78, 5) is 0. The molecule has 33 heavy (non-hydrogen) atoms. The minimum absolute atomic E-state index is 0.552. The summed E-state index contributed by atoms with van der Waals surface area (Å²) >= 11 is 0. The van der Waals surface area contributed by atoms with Gasteiger partial charge >= 0.3 is 0 Å². The van der Waals surface area contributed by atoms with E-state index >= 15 is 0 Å². The van der Waals surface area contributed by atoms with Crippen molar-refractivity contribution in [2.45, 2.75) is 6.42 Å². The van der Waals surface area contributed by atoms with Crippen LogP contribution >= 0.6 is 0 Å². The van der Waals surface area contributed by atoms with E-state index in [-0.39, 0.29) is 0 Å². The molecule has 0 unspecified atom stereocenters. The average molecular weight is 443 g/mol. The quantitative estimate of drug-likeness (QED) is 0.222. The molecule has 0 aliphatic rings. The molecule has 0 fully saturated rings. The highest BCUT2D eigenvalue weighted by molar-refractivity contribution is 5.44. The Balaban J connectivity index is 1.15. The summed E-state index contributed by atoms with van der Waals surface area (Å²) in [6.45, 7) is 1.10. The van der Waals surface area contributed by atoms with Crippen LogP contribution in [-0.4, -0.2) is 13.2 Å². The predicted molar refractivity (Wildman–Crippen MR) is 130 cm³/mol. The minimum Gasteiger partial charge on any atom is -0.493 e. The van der Waals surface area contributed by atoms with Crippen molar-refractivity contribution in [1.29, 1.82) is 0 Å². The van der Waals surface area contributed by atoms with Crippen LogP contribution in [0, 0.1) is 0 Å². The summed E-state index contributed by atoms with van der Waals surface area (Å²) in [5, 5.41) is 0. The van der Waals surface area contributed by atoms with Gasteiger partial charge in [0.05, 0.1) is 13.2 Å². The molecular formula is C27H26N2O4. The molecule has 0 saturated heterocycles. The Morgan fingerprint density at radius 3 is 1.00 bits per heavy atom. The van der Waals surface area contributed by atoms with Crippen molar-refractivity contribution in [1.82, 2.24) is 0 Å². The molecule has 0 amide bonds. The Morgan fingerprint density at radius 1 is 0.394 bits per heavy atom. The largest absolute Gasteiger partial charge is 0.493 e. The third-order valence-electron chi connectivity index (χ3n) is 4.71. The first-order valence-electron chi connectivity index (χ1n) is 10.7. The van der Waals surface area contributed by atoms with E-state index < -0.39 is 0 Å². The van der Waals surface area contributed by atoms with Gasteiger partial charge in [0.2, 0.25) is 0 Å². The molecule has 168 valence electrons. The van der Waals surface area contributed by atoms with Crippen molar-refractivity contribution in [3.63, 3.8) is 0 Å². The topological polar surface area (TPSA) is 89.0 Å². The van der Waals surface area contributed by atoms with Crippen molar-refractivity contribution in [3.8, 4) is 34.5 Å². The Kier molecular flexibility index (Phi) is 7.18. The molecule has 6 heteroatoms. The number of nitrogens with two attached hydrogens (primary N) is 2. The molecule has 0 saturated carbocycles. The normalized spacial score (nSPS) is 10.4. The van der Waals surface area contributed by atoms with Gasteiger partial charge in [0, 0.05) is 17.8 Å². The molecule has 4 N–H and O–H groups in total. The number of hydrogen-bond acceptors (Lipinski definition) is 6. The molecule has 0 heterocycles. The summed E-state index contributed by atoms with van der Waals surface area (Å²) in [5.74, 6) is 4.51. The van der Waals surface area contributed by atoms with Crippen molar-refractivity contribution in [3.05, 3.63) is 97.1 Å². The third-order valence-corrected chi connectivity index (χ3v) is 4.71. The first-order valence-corrected chi connectivity index (χ1v) is 10.7. The van der Waals surface area contributed by atoms with E-state index in [0.29, 0.717) is 24.6 Å². The van der Waals surface area contributed by atoms with Crippen molar-refractivity contribution < 1.29 is 18.9 Å². The molecule has 0 aliphatic carbocycles. The summed E-state index contributed by atoms with van der Waals surface area (Å²) in [7, 11) is 0.